The second-order valence-corrected chi connectivity index (χ2v) is 7.22. The summed E-state index contributed by atoms with van der Waals surface area (Å²) in [6.07, 6.45) is -4.36. The van der Waals surface area contributed by atoms with E-state index in [9.17, 15) is 13.2 Å². The van der Waals surface area contributed by atoms with Crippen LogP contribution < -0.4 is 0 Å². The van der Waals surface area contributed by atoms with Crippen LogP contribution in [0, 0.1) is 23.7 Å². The van der Waals surface area contributed by atoms with Gasteiger partial charge in [-0.2, -0.15) is 13.2 Å². The van der Waals surface area contributed by atoms with Crippen LogP contribution in [0.15, 0.2) is 0 Å². The molecule has 6 unspecified atom stereocenters. The smallest absolute Gasteiger partial charge is 0.356 e. The first-order valence-corrected chi connectivity index (χ1v) is 8.01. The fraction of sp³-hybridized carbons (Fsp3) is 1.00. The van der Waals surface area contributed by atoms with Gasteiger partial charge in [0.05, 0.1) is 0 Å². The molecule has 0 aromatic rings. The van der Waals surface area contributed by atoms with E-state index in [1.165, 1.54) is 0 Å². The quantitative estimate of drug-likeness (QED) is 0.399. The van der Waals surface area contributed by atoms with E-state index in [0.717, 1.165) is 6.92 Å². The summed E-state index contributed by atoms with van der Waals surface area (Å²) < 4.78 is 65.4. The Labute approximate surface area is 129 Å². The lowest BCUT2D eigenvalue weighted by atomic mass is 9.70. The zero-order valence-electron chi connectivity index (χ0n) is 13.7. The lowest BCUT2D eigenvalue weighted by Crippen LogP contribution is -2.52. The second-order valence-electron chi connectivity index (χ2n) is 7.22. The molecule has 2 bridgehead atoms. The number of halogens is 4. The lowest BCUT2D eigenvalue weighted by Gasteiger charge is -2.43. The molecule has 2 rings (SSSR count). The van der Waals surface area contributed by atoms with Crippen molar-refractivity contribution in [1.29, 1.82) is 0 Å². The van der Waals surface area contributed by atoms with Crippen LogP contribution in [0.4, 0.5) is 17.6 Å². The van der Waals surface area contributed by atoms with Crippen molar-refractivity contribution in [3.05, 3.63) is 0 Å². The van der Waals surface area contributed by atoms with E-state index in [2.05, 4.69) is 6.92 Å². The third-order valence-corrected chi connectivity index (χ3v) is 5.93. The molecule has 0 amide bonds. The monoisotopic (exact) mass is 326 g/mol. The van der Waals surface area contributed by atoms with Crippen molar-refractivity contribution in [3.63, 3.8) is 0 Å². The fourth-order valence-electron chi connectivity index (χ4n) is 4.34. The number of rotatable bonds is 6. The predicted octanol–water partition coefficient (Wildman–Crippen LogP) is 4.73. The molecule has 0 aromatic heterocycles. The van der Waals surface area contributed by atoms with Gasteiger partial charge in [-0.05, 0) is 50.4 Å². The van der Waals surface area contributed by atoms with Gasteiger partial charge >= 0.3 is 6.18 Å². The Bertz CT molecular complexity index is 398. The molecule has 2 saturated carbocycles. The third kappa shape index (κ3) is 3.01. The first-order valence-electron chi connectivity index (χ1n) is 8.01. The predicted molar refractivity (Wildman–Crippen MR) is 75.0 cm³/mol. The molecule has 0 radical (unpaired) electrons. The molecule has 0 N–H and O–H groups in total. The number of ether oxygens (including phenoxy) is 2. The van der Waals surface area contributed by atoms with Crippen molar-refractivity contribution < 1.29 is 27.0 Å². The van der Waals surface area contributed by atoms with Crippen LogP contribution in [0.1, 0.15) is 47.0 Å². The summed E-state index contributed by atoms with van der Waals surface area (Å²) in [5, 5.41) is 0. The Morgan fingerprint density at radius 3 is 2.27 bits per heavy atom. The first kappa shape index (κ1) is 18.0. The van der Waals surface area contributed by atoms with Crippen LogP contribution in [0.2, 0.25) is 0 Å². The molecule has 2 nitrogen and oxygen atoms in total. The topological polar surface area (TPSA) is 18.5 Å². The Kier molecular flexibility index (Phi) is 4.85. The number of fused-ring (bicyclic) bond motifs is 2. The van der Waals surface area contributed by atoms with Crippen molar-refractivity contribution >= 4 is 0 Å². The zero-order valence-corrected chi connectivity index (χ0v) is 13.7. The van der Waals surface area contributed by atoms with Crippen molar-refractivity contribution in [2.45, 2.75) is 64.4 Å². The molecule has 22 heavy (non-hydrogen) atoms. The van der Waals surface area contributed by atoms with Crippen LogP contribution in [0.25, 0.3) is 0 Å². The summed E-state index contributed by atoms with van der Waals surface area (Å²) in [6, 6.07) is 0. The number of hydrogen-bond acceptors (Lipinski definition) is 2. The van der Waals surface area contributed by atoms with Crippen LogP contribution in [0.3, 0.4) is 0 Å². The molecule has 0 aromatic carbocycles. The molecule has 0 heterocycles. The minimum atomic E-state index is -4.63. The summed E-state index contributed by atoms with van der Waals surface area (Å²) in [5.41, 5.74) is -4.31. The molecule has 2 aliphatic rings. The minimum absolute atomic E-state index is 0.119. The van der Waals surface area contributed by atoms with Gasteiger partial charge in [0.1, 0.15) is 12.5 Å². The molecule has 6 heteroatoms. The Morgan fingerprint density at radius 1 is 1.18 bits per heavy atom. The van der Waals surface area contributed by atoms with Crippen LogP contribution in [0.5, 0.6) is 0 Å². The average molecular weight is 326 g/mol. The van der Waals surface area contributed by atoms with E-state index >= 15 is 4.39 Å². The Balaban J connectivity index is 2.14. The van der Waals surface area contributed by atoms with Crippen LogP contribution >= 0.6 is 0 Å². The van der Waals surface area contributed by atoms with Gasteiger partial charge in [0, 0.05) is 13.0 Å². The van der Waals surface area contributed by atoms with Gasteiger partial charge in [0.15, 0.2) is 5.60 Å². The van der Waals surface area contributed by atoms with Crippen molar-refractivity contribution in [2.75, 3.05) is 13.4 Å². The SMILES string of the molecule is CCOCOC(C)(CC1(F)CC2CC1C(C)C2C)C(F)(F)F. The molecular formula is C16H26F4O2. The van der Waals surface area contributed by atoms with Crippen molar-refractivity contribution in [3.8, 4) is 0 Å². The fourth-order valence-corrected chi connectivity index (χ4v) is 4.34. The van der Waals surface area contributed by atoms with Gasteiger partial charge in [-0.25, -0.2) is 4.39 Å². The van der Waals surface area contributed by atoms with Gasteiger partial charge in [-0.3, -0.25) is 0 Å². The highest BCUT2D eigenvalue weighted by atomic mass is 19.4. The second kappa shape index (κ2) is 5.93. The molecule has 0 spiro atoms. The maximum atomic E-state index is 15.3. The normalized spacial score (nSPS) is 40.9. The molecule has 0 aliphatic heterocycles. The van der Waals surface area contributed by atoms with E-state index < -0.39 is 30.7 Å². The van der Waals surface area contributed by atoms with E-state index in [0.29, 0.717) is 12.3 Å². The Hall–Kier alpha value is -0.360. The van der Waals surface area contributed by atoms with E-state index in [1.807, 2.05) is 6.92 Å². The van der Waals surface area contributed by atoms with Gasteiger partial charge in [0.25, 0.3) is 0 Å². The molecule has 2 aliphatic carbocycles. The van der Waals surface area contributed by atoms with E-state index in [1.54, 1.807) is 6.92 Å². The van der Waals surface area contributed by atoms with Gasteiger partial charge in [-0.15, -0.1) is 0 Å². The van der Waals surface area contributed by atoms with Crippen LogP contribution in [-0.4, -0.2) is 30.8 Å². The highest BCUT2D eigenvalue weighted by Gasteiger charge is 2.64. The van der Waals surface area contributed by atoms with E-state index in [4.69, 9.17) is 9.47 Å². The number of hydrogen-bond donors (Lipinski definition) is 0. The van der Waals surface area contributed by atoms with Crippen molar-refractivity contribution in [1.82, 2.24) is 0 Å². The van der Waals surface area contributed by atoms with Gasteiger partial charge in [0.2, 0.25) is 0 Å². The van der Waals surface area contributed by atoms with E-state index in [-0.39, 0.29) is 30.8 Å². The summed E-state index contributed by atoms with van der Waals surface area (Å²) in [6.45, 7) is 6.42. The third-order valence-electron chi connectivity index (χ3n) is 5.93. The van der Waals surface area contributed by atoms with Gasteiger partial charge in [-0.1, -0.05) is 13.8 Å². The lowest BCUT2D eigenvalue weighted by molar-refractivity contribution is -0.303. The summed E-state index contributed by atoms with van der Waals surface area (Å²) in [7, 11) is 0. The summed E-state index contributed by atoms with van der Waals surface area (Å²) >= 11 is 0. The van der Waals surface area contributed by atoms with Gasteiger partial charge < -0.3 is 9.47 Å². The zero-order chi connectivity index (χ0) is 16.8. The molecule has 2 fully saturated rings. The average Bonchev–Trinajstić information content (AvgIpc) is 2.85. The highest BCUT2D eigenvalue weighted by molar-refractivity contribution is 5.09. The molecular weight excluding hydrogens is 300 g/mol. The number of alkyl halides is 4. The minimum Gasteiger partial charge on any atom is -0.356 e. The standard InChI is InChI=1S/C16H26F4O2/c1-5-21-9-22-14(4,16(18,19)20)8-15(17)7-12-6-13(15)11(3)10(12)2/h10-13H,5-9H2,1-4H3. The largest absolute Gasteiger partial charge is 0.417 e. The highest BCUT2D eigenvalue weighted by Crippen LogP contribution is 2.61. The first-order chi connectivity index (χ1) is 10.0. The van der Waals surface area contributed by atoms with Crippen LogP contribution in [-0.2, 0) is 9.47 Å². The maximum absolute atomic E-state index is 15.3. The van der Waals surface area contributed by atoms with Crippen molar-refractivity contribution in [2.24, 2.45) is 23.7 Å². The molecule has 130 valence electrons. The summed E-state index contributed by atoms with van der Waals surface area (Å²) in [5.74, 6) is 0.391. The summed E-state index contributed by atoms with van der Waals surface area (Å²) in [4.78, 5) is 0. The molecule has 0 saturated heterocycles. The maximum Gasteiger partial charge on any atom is 0.417 e. The Morgan fingerprint density at radius 2 is 1.82 bits per heavy atom. The molecule has 6 atom stereocenters.